The van der Waals surface area contributed by atoms with Crippen LogP contribution in [0.2, 0.25) is 0 Å². The summed E-state index contributed by atoms with van der Waals surface area (Å²) in [6.45, 7) is 5.13. The average molecular weight is 414 g/mol. The molecule has 2 atom stereocenters. The van der Waals surface area contributed by atoms with Crippen LogP contribution < -0.4 is 16.2 Å². The minimum absolute atomic E-state index is 0.0690. The lowest BCUT2D eigenvalue weighted by Gasteiger charge is -2.42. The number of carbonyl (C=O) groups is 2. The van der Waals surface area contributed by atoms with Crippen molar-refractivity contribution in [2.24, 2.45) is 5.92 Å². The number of hydrogen-bond donors (Lipinski definition) is 3. The van der Waals surface area contributed by atoms with E-state index in [2.05, 4.69) is 33.2 Å². The Labute approximate surface area is 179 Å². The molecule has 0 spiro atoms. The maximum Gasteiger partial charge on any atom is 0.241 e. The van der Waals surface area contributed by atoms with Crippen LogP contribution in [-0.4, -0.2) is 73.0 Å². The minimum Gasteiger partial charge on any atom is -0.355 e. The predicted molar refractivity (Wildman–Crippen MR) is 117 cm³/mol. The lowest BCUT2D eigenvalue weighted by molar-refractivity contribution is -0.134. The van der Waals surface area contributed by atoms with Crippen molar-refractivity contribution in [3.63, 3.8) is 0 Å². The van der Waals surface area contributed by atoms with Gasteiger partial charge >= 0.3 is 0 Å². The van der Waals surface area contributed by atoms with E-state index in [1.54, 1.807) is 0 Å². The van der Waals surface area contributed by atoms with Gasteiger partial charge in [0.1, 0.15) is 6.04 Å². The monoisotopic (exact) mass is 413 g/mol. The van der Waals surface area contributed by atoms with Crippen LogP contribution in [0.25, 0.3) is 0 Å². The number of carbonyl (C=O) groups excluding carboxylic acids is 2. The fourth-order valence-corrected chi connectivity index (χ4v) is 5.01. The van der Waals surface area contributed by atoms with Gasteiger partial charge in [0.25, 0.3) is 0 Å². The van der Waals surface area contributed by atoms with Gasteiger partial charge in [-0.2, -0.15) is 0 Å². The summed E-state index contributed by atoms with van der Waals surface area (Å²) in [6, 6.07) is 10.7. The van der Waals surface area contributed by atoms with Crippen LogP contribution in [0.4, 0.5) is 0 Å². The number of amides is 2. The molecule has 3 heterocycles. The number of hydrogen-bond acceptors (Lipinski definition) is 5. The Hall–Kier alpha value is -1.96. The van der Waals surface area contributed by atoms with Crippen LogP contribution in [0.3, 0.4) is 0 Å². The normalized spacial score (nSPS) is 25.9. The van der Waals surface area contributed by atoms with E-state index in [1.807, 2.05) is 23.1 Å². The van der Waals surface area contributed by atoms with Crippen molar-refractivity contribution < 1.29 is 9.59 Å². The fraction of sp³-hybridized carbons (Fsp3) is 0.652. The van der Waals surface area contributed by atoms with E-state index >= 15 is 0 Å². The maximum absolute atomic E-state index is 12.7. The van der Waals surface area contributed by atoms with Crippen molar-refractivity contribution in [1.29, 1.82) is 0 Å². The first-order valence-electron chi connectivity index (χ1n) is 11.5. The highest BCUT2D eigenvalue weighted by Gasteiger charge is 2.34. The second-order valence-electron chi connectivity index (χ2n) is 8.83. The molecule has 0 radical (unpaired) electrons. The van der Waals surface area contributed by atoms with Crippen molar-refractivity contribution in [2.45, 2.75) is 50.6 Å². The number of benzene rings is 1. The molecule has 0 aromatic heterocycles. The lowest BCUT2D eigenvalue weighted by atomic mass is 9.93. The third kappa shape index (κ3) is 5.39. The Balaban J connectivity index is 1.20. The molecule has 0 bridgehead atoms. The maximum atomic E-state index is 12.7. The van der Waals surface area contributed by atoms with E-state index in [1.165, 1.54) is 5.56 Å². The summed E-state index contributed by atoms with van der Waals surface area (Å²) in [6.07, 6.45) is 5.81. The molecule has 3 N–H and O–H groups in total. The van der Waals surface area contributed by atoms with Crippen molar-refractivity contribution in [1.82, 2.24) is 26.0 Å². The van der Waals surface area contributed by atoms with E-state index in [0.717, 1.165) is 71.2 Å². The molecule has 3 aliphatic rings. The first kappa shape index (κ1) is 21.3. The summed E-state index contributed by atoms with van der Waals surface area (Å²) in [7, 11) is 0. The fourth-order valence-electron chi connectivity index (χ4n) is 5.01. The van der Waals surface area contributed by atoms with Crippen LogP contribution >= 0.6 is 0 Å². The Kier molecular flexibility index (Phi) is 7.36. The lowest BCUT2D eigenvalue weighted by Crippen LogP contribution is -2.53. The van der Waals surface area contributed by atoms with Crippen LogP contribution in [0.15, 0.2) is 30.3 Å². The molecule has 7 heteroatoms. The molecule has 0 saturated carbocycles. The summed E-state index contributed by atoms with van der Waals surface area (Å²) >= 11 is 0. The number of rotatable bonds is 6. The summed E-state index contributed by atoms with van der Waals surface area (Å²) in [5.41, 5.74) is 7.38. The first-order valence-corrected chi connectivity index (χ1v) is 11.5. The molecule has 3 fully saturated rings. The van der Waals surface area contributed by atoms with Crippen LogP contribution in [0, 0.1) is 5.92 Å². The number of likely N-dealkylation sites (tertiary alicyclic amines) is 2. The largest absolute Gasteiger partial charge is 0.355 e. The molecule has 4 rings (SSSR count). The summed E-state index contributed by atoms with van der Waals surface area (Å²) in [5, 5.41) is 3.15. The van der Waals surface area contributed by atoms with Gasteiger partial charge < -0.3 is 10.2 Å². The van der Waals surface area contributed by atoms with Crippen molar-refractivity contribution >= 4 is 11.8 Å². The smallest absolute Gasteiger partial charge is 0.241 e. The number of hydrazine groups is 1. The molecule has 0 aliphatic carbocycles. The molecule has 3 saturated heterocycles. The molecular formula is C23H35N5O2. The van der Waals surface area contributed by atoms with Gasteiger partial charge in [-0.15, -0.1) is 0 Å². The van der Waals surface area contributed by atoms with Crippen molar-refractivity contribution in [2.75, 3.05) is 39.3 Å². The van der Waals surface area contributed by atoms with Crippen molar-refractivity contribution in [3.8, 4) is 0 Å². The summed E-state index contributed by atoms with van der Waals surface area (Å²) < 4.78 is 0. The van der Waals surface area contributed by atoms with E-state index < -0.39 is 0 Å². The Morgan fingerprint density at radius 2 is 1.83 bits per heavy atom. The highest BCUT2D eigenvalue weighted by Crippen LogP contribution is 2.24. The number of piperidine rings is 2. The third-order valence-electron chi connectivity index (χ3n) is 6.80. The minimum atomic E-state index is -0.0690. The number of nitrogens with zero attached hydrogens (tertiary/aromatic N) is 2. The zero-order valence-corrected chi connectivity index (χ0v) is 17.8. The molecule has 30 heavy (non-hydrogen) atoms. The number of nitrogens with one attached hydrogen (secondary N) is 3. The van der Waals surface area contributed by atoms with Gasteiger partial charge in [0.05, 0.1) is 5.92 Å². The third-order valence-corrected chi connectivity index (χ3v) is 6.80. The molecular weight excluding hydrogens is 378 g/mol. The van der Waals surface area contributed by atoms with Gasteiger partial charge in [-0.3, -0.25) is 19.9 Å². The predicted octanol–water partition coefficient (Wildman–Crippen LogP) is 0.915. The van der Waals surface area contributed by atoms with Gasteiger partial charge in [-0.1, -0.05) is 30.3 Å². The zero-order valence-electron chi connectivity index (χ0n) is 17.8. The summed E-state index contributed by atoms with van der Waals surface area (Å²) in [4.78, 5) is 29.8. The van der Waals surface area contributed by atoms with Crippen LogP contribution in [0.5, 0.6) is 0 Å². The Bertz CT molecular complexity index is 699. The Morgan fingerprint density at radius 1 is 1.03 bits per heavy atom. The standard InChI is InChI=1S/C23H35N5O2/c29-22(24-12-8-18-5-2-1-3-6-18)19-7-4-14-28(17-19)20-10-15-27(16-11-20)23(30)21-9-13-25-26-21/h1-3,5-6,19-21,25-26H,4,7-17H2,(H,24,29). The quantitative estimate of drug-likeness (QED) is 0.647. The van der Waals surface area contributed by atoms with Gasteiger partial charge in [-0.05, 0) is 50.6 Å². The van der Waals surface area contributed by atoms with Gasteiger partial charge in [-0.25, -0.2) is 5.43 Å². The molecule has 7 nitrogen and oxygen atoms in total. The second-order valence-corrected chi connectivity index (χ2v) is 8.83. The van der Waals surface area contributed by atoms with E-state index in [4.69, 9.17) is 0 Å². The van der Waals surface area contributed by atoms with E-state index in [-0.39, 0.29) is 23.8 Å². The van der Waals surface area contributed by atoms with Crippen LogP contribution in [-0.2, 0) is 16.0 Å². The SMILES string of the molecule is O=C(NCCc1ccccc1)C1CCCN(C2CCN(C(=O)C3CCNN3)CC2)C1. The highest BCUT2D eigenvalue weighted by molar-refractivity contribution is 5.82. The zero-order chi connectivity index (χ0) is 20.8. The molecule has 2 amide bonds. The molecule has 164 valence electrons. The van der Waals surface area contributed by atoms with Gasteiger partial charge in [0.2, 0.25) is 11.8 Å². The topological polar surface area (TPSA) is 76.7 Å². The molecule has 1 aromatic carbocycles. The summed E-state index contributed by atoms with van der Waals surface area (Å²) in [5.74, 6) is 0.513. The average Bonchev–Trinajstić information content (AvgIpc) is 3.34. The highest BCUT2D eigenvalue weighted by atomic mass is 16.2. The van der Waals surface area contributed by atoms with E-state index in [0.29, 0.717) is 12.6 Å². The van der Waals surface area contributed by atoms with E-state index in [9.17, 15) is 9.59 Å². The van der Waals surface area contributed by atoms with Crippen LogP contribution in [0.1, 0.15) is 37.7 Å². The molecule has 2 unspecified atom stereocenters. The van der Waals surface area contributed by atoms with Crippen molar-refractivity contribution in [3.05, 3.63) is 35.9 Å². The van der Waals surface area contributed by atoms with Gasteiger partial charge in [0.15, 0.2) is 0 Å². The van der Waals surface area contributed by atoms with Gasteiger partial charge in [0, 0.05) is 38.8 Å². The Morgan fingerprint density at radius 3 is 2.57 bits per heavy atom. The molecule has 3 aliphatic heterocycles. The molecule has 1 aromatic rings. The first-order chi connectivity index (χ1) is 14.7. The second kappa shape index (κ2) is 10.4.